The number of hydrogen-bond donors (Lipinski definition) is 1. The molecule has 0 saturated carbocycles. The van der Waals surface area contributed by atoms with Crippen molar-refractivity contribution in [3.05, 3.63) is 77.4 Å². The minimum atomic E-state index is -1.45. The molecule has 7 heteroatoms. The molecular formula is C20H19FN2O3S. The Morgan fingerprint density at radius 3 is 2.59 bits per heavy atom. The average molecular weight is 386 g/mol. The highest BCUT2D eigenvalue weighted by Crippen LogP contribution is 2.24. The summed E-state index contributed by atoms with van der Waals surface area (Å²) >= 11 is 0. The smallest absolute Gasteiger partial charge is 0.232 e. The van der Waals surface area contributed by atoms with Crippen LogP contribution in [0, 0.1) is 12.7 Å². The maximum absolute atomic E-state index is 13.9. The van der Waals surface area contributed by atoms with E-state index >= 15 is 0 Å². The second kappa shape index (κ2) is 8.73. The zero-order chi connectivity index (χ0) is 19.2. The van der Waals surface area contributed by atoms with Crippen LogP contribution in [0.4, 0.5) is 4.39 Å². The number of oxazole rings is 1. The summed E-state index contributed by atoms with van der Waals surface area (Å²) in [6, 6.07) is 15.6. The van der Waals surface area contributed by atoms with Crippen LogP contribution in [0.5, 0.6) is 0 Å². The number of hydrogen-bond acceptors (Lipinski definition) is 4. The molecule has 0 aliphatic heterocycles. The van der Waals surface area contributed by atoms with E-state index in [4.69, 9.17) is 4.42 Å². The van der Waals surface area contributed by atoms with Gasteiger partial charge in [-0.15, -0.1) is 0 Å². The Morgan fingerprint density at radius 1 is 1.15 bits per heavy atom. The maximum Gasteiger partial charge on any atom is 0.232 e. The van der Waals surface area contributed by atoms with Crippen LogP contribution in [-0.2, 0) is 27.9 Å². The fourth-order valence-electron chi connectivity index (χ4n) is 2.51. The van der Waals surface area contributed by atoms with Crippen molar-refractivity contribution in [1.29, 1.82) is 0 Å². The third-order valence-electron chi connectivity index (χ3n) is 3.92. The number of nitrogens with one attached hydrogen (secondary N) is 1. The summed E-state index contributed by atoms with van der Waals surface area (Å²) in [5.74, 6) is -0.187. The lowest BCUT2D eigenvalue weighted by molar-refractivity contribution is -0.118. The van der Waals surface area contributed by atoms with Gasteiger partial charge in [0.1, 0.15) is 17.3 Å². The maximum atomic E-state index is 13.9. The first-order valence-electron chi connectivity index (χ1n) is 8.39. The van der Waals surface area contributed by atoms with Gasteiger partial charge in [-0.05, 0) is 24.6 Å². The van der Waals surface area contributed by atoms with Crippen molar-refractivity contribution in [2.24, 2.45) is 0 Å². The highest BCUT2D eigenvalue weighted by atomic mass is 32.2. The fourth-order valence-corrected chi connectivity index (χ4v) is 3.58. The minimum Gasteiger partial charge on any atom is -0.441 e. The number of aryl methyl sites for hydroxylation is 1. The molecule has 0 fully saturated rings. The molecule has 5 nitrogen and oxygen atoms in total. The molecule has 0 radical (unpaired) electrons. The largest absolute Gasteiger partial charge is 0.441 e. The molecule has 0 spiro atoms. The first kappa shape index (κ1) is 19.0. The molecule has 1 amide bonds. The van der Waals surface area contributed by atoms with Gasteiger partial charge in [-0.1, -0.05) is 42.5 Å². The van der Waals surface area contributed by atoms with E-state index in [0.29, 0.717) is 18.0 Å². The van der Waals surface area contributed by atoms with Gasteiger partial charge in [0, 0.05) is 17.3 Å². The van der Waals surface area contributed by atoms with Crippen LogP contribution in [0.2, 0.25) is 0 Å². The zero-order valence-electron chi connectivity index (χ0n) is 14.8. The minimum absolute atomic E-state index is 0.0720. The lowest BCUT2D eigenvalue weighted by Gasteiger charge is -2.05. The van der Waals surface area contributed by atoms with Crippen molar-refractivity contribution in [3.8, 4) is 11.5 Å². The molecule has 0 bridgehead atoms. The Bertz CT molecular complexity index is 957. The molecule has 2 aromatic carbocycles. The standard InChI is InChI=1S/C20H19FN2O3S/c1-14-18(23-20(26-14)16-9-5-6-10-17(16)21)12-27(25)13-19(24)22-11-15-7-3-2-4-8-15/h2-10H,11-13H2,1H3,(H,22,24)/t27-/m0/s1. The van der Waals surface area contributed by atoms with Crippen LogP contribution in [-0.4, -0.2) is 20.9 Å². The van der Waals surface area contributed by atoms with Gasteiger partial charge in [0.2, 0.25) is 11.8 Å². The quantitative estimate of drug-likeness (QED) is 0.676. The molecule has 140 valence electrons. The SMILES string of the molecule is Cc1oc(-c2ccccc2F)nc1C[S@](=O)CC(=O)NCc1ccccc1. The van der Waals surface area contributed by atoms with Crippen LogP contribution in [0.15, 0.2) is 59.0 Å². The average Bonchev–Trinajstić information content (AvgIpc) is 3.01. The van der Waals surface area contributed by atoms with E-state index in [1.54, 1.807) is 25.1 Å². The molecule has 27 heavy (non-hydrogen) atoms. The first-order chi connectivity index (χ1) is 13.0. The Hall–Kier alpha value is -2.80. The summed E-state index contributed by atoms with van der Waals surface area (Å²) in [5, 5.41) is 2.74. The number of rotatable bonds is 7. The monoisotopic (exact) mass is 386 g/mol. The van der Waals surface area contributed by atoms with Crippen LogP contribution in [0.3, 0.4) is 0 Å². The van der Waals surface area contributed by atoms with E-state index in [1.807, 2.05) is 30.3 Å². The van der Waals surface area contributed by atoms with Gasteiger partial charge >= 0.3 is 0 Å². The van der Waals surface area contributed by atoms with Crippen LogP contribution >= 0.6 is 0 Å². The molecule has 1 N–H and O–H groups in total. The van der Waals surface area contributed by atoms with Crippen molar-refractivity contribution < 1.29 is 17.8 Å². The molecule has 3 aromatic rings. The molecule has 3 rings (SSSR count). The molecule has 0 aliphatic rings. The second-order valence-corrected chi connectivity index (χ2v) is 7.45. The van der Waals surface area contributed by atoms with Gasteiger partial charge in [0.05, 0.1) is 17.0 Å². The zero-order valence-corrected chi connectivity index (χ0v) is 15.6. The summed E-state index contributed by atoms with van der Waals surface area (Å²) in [7, 11) is -1.45. The van der Waals surface area contributed by atoms with Gasteiger partial charge in [0.25, 0.3) is 0 Å². The van der Waals surface area contributed by atoms with Crippen LogP contribution in [0.25, 0.3) is 11.5 Å². The Balaban J connectivity index is 1.58. The van der Waals surface area contributed by atoms with Crippen molar-refractivity contribution in [1.82, 2.24) is 10.3 Å². The van der Waals surface area contributed by atoms with Gasteiger partial charge in [0.15, 0.2) is 0 Å². The lowest BCUT2D eigenvalue weighted by Crippen LogP contribution is -2.28. The van der Waals surface area contributed by atoms with Crippen molar-refractivity contribution in [2.75, 3.05) is 5.75 Å². The normalized spacial score (nSPS) is 11.9. The van der Waals surface area contributed by atoms with Crippen LogP contribution in [0.1, 0.15) is 17.0 Å². The summed E-state index contributed by atoms with van der Waals surface area (Å²) in [5.41, 5.74) is 1.68. The third-order valence-corrected chi connectivity index (χ3v) is 5.10. The van der Waals surface area contributed by atoms with Crippen molar-refractivity contribution in [3.63, 3.8) is 0 Å². The Labute approximate surface area is 159 Å². The predicted octanol–water partition coefficient (Wildman–Crippen LogP) is 3.35. The summed E-state index contributed by atoms with van der Waals surface area (Å²) < 4.78 is 31.7. The van der Waals surface area contributed by atoms with E-state index in [0.717, 1.165) is 5.56 Å². The van der Waals surface area contributed by atoms with E-state index in [1.165, 1.54) is 6.07 Å². The molecule has 1 heterocycles. The van der Waals surface area contributed by atoms with Crippen molar-refractivity contribution >= 4 is 16.7 Å². The summed E-state index contributed by atoms with van der Waals surface area (Å²) in [6.07, 6.45) is 0. The Kier molecular flexibility index (Phi) is 6.13. The number of carbonyl (C=O) groups is 1. The van der Waals surface area contributed by atoms with Crippen LogP contribution < -0.4 is 5.32 Å². The molecule has 0 saturated heterocycles. The molecule has 0 aliphatic carbocycles. The van der Waals surface area contributed by atoms with Crippen molar-refractivity contribution in [2.45, 2.75) is 19.2 Å². The third kappa shape index (κ3) is 5.10. The Morgan fingerprint density at radius 2 is 1.85 bits per heavy atom. The lowest BCUT2D eigenvalue weighted by atomic mass is 10.2. The van der Waals surface area contributed by atoms with E-state index in [9.17, 15) is 13.4 Å². The number of benzene rings is 2. The highest BCUT2D eigenvalue weighted by Gasteiger charge is 2.17. The van der Waals surface area contributed by atoms with E-state index in [2.05, 4.69) is 10.3 Å². The summed E-state index contributed by atoms with van der Waals surface area (Å²) in [4.78, 5) is 16.2. The summed E-state index contributed by atoms with van der Waals surface area (Å²) in [6.45, 7) is 2.07. The van der Waals surface area contributed by atoms with E-state index in [-0.39, 0.29) is 28.9 Å². The molecule has 0 unspecified atom stereocenters. The molecule has 1 aromatic heterocycles. The second-order valence-electron chi connectivity index (χ2n) is 5.99. The number of aromatic nitrogens is 1. The number of halogens is 1. The first-order valence-corrected chi connectivity index (χ1v) is 9.88. The van der Waals surface area contributed by atoms with Gasteiger partial charge in [-0.25, -0.2) is 9.37 Å². The number of carbonyl (C=O) groups excluding carboxylic acids is 1. The van der Waals surface area contributed by atoms with Gasteiger partial charge in [-0.2, -0.15) is 0 Å². The van der Waals surface area contributed by atoms with Gasteiger partial charge in [-0.3, -0.25) is 9.00 Å². The predicted molar refractivity (Wildman–Crippen MR) is 102 cm³/mol. The number of nitrogens with zero attached hydrogens (tertiary/aromatic N) is 1. The number of amides is 1. The molecular weight excluding hydrogens is 367 g/mol. The van der Waals surface area contributed by atoms with E-state index < -0.39 is 16.6 Å². The van der Waals surface area contributed by atoms with Gasteiger partial charge < -0.3 is 9.73 Å². The topological polar surface area (TPSA) is 72.2 Å². The fraction of sp³-hybridized carbons (Fsp3) is 0.200. The molecule has 1 atom stereocenters. The highest BCUT2D eigenvalue weighted by molar-refractivity contribution is 7.84.